The Labute approximate surface area is 146 Å². The Kier molecular flexibility index (Phi) is 7.36. The molecule has 1 aliphatic heterocycles. The van der Waals surface area contributed by atoms with E-state index in [4.69, 9.17) is 4.74 Å². The van der Waals surface area contributed by atoms with Crippen molar-refractivity contribution in [1.29, 1.82) is 0 Å². The fourth-order valence-corrected chi connectivity index (χ4v) is 3.40. The zero-order chi connectivity index (χ0) is 17.4. The van der Waals surface area contributed by atoms with Crippen molar-refractivity contribution >= 4 is 5.97 Å². The Balaban J connectivity index is 2.27. The highest BCUT2D eigenvalue weighted by Gasteiger charge is 2.29. The summed E-state index contributed by atoms with van der Waals surface area (Å²) in [5, 5.41) is 0. The number of nitrogens with zero attached hydrogens (tertiary/aromatic N) is 1. The van der Waals surface area contributed by atoms with Crippen molar-refractivity contribution in [3.05, 3.63) is 47.2 Å². The van der Waals surface area contributed by atoms with Crippen LogP contribution in [0.3, 0.4) is 0 Å². The maximum atomic E-state index is 12.4. The Morgan fingerprint density at radius 1 is 1.21 bits per heavy atom. The number of carbonyl (C=O) groups is 1. The van der Waals surface area contributed by atoms with Gasteiger partial charge in [0, 0.05) is 18.3 Å². The van der Waals surface area contributed by atoms with Gasteiger partial charge in [0.05, 0.1) is 12.2 Å². The van der Waals surface area contributed by atoms with E-state index in [9.17, 15) is 4.79 Å². The van der Waals surface area contributed by atoms with Gasteiger partial charge in [0.2, 0.25) is 0 Å². The van der Waals surface area contributed by atoms with E-state index < -0.39 is 0 Å². The lowest BCUT2D eigenvalue weighted by Gasteiger charge is -2.39. The topological polar surface area (TPSA) is 29.5 Å². The van der Waals surface area contributed by atoms with Gasteiger partial charge in [-0.05, 0) is 45.1 Å². The first-order valence-corrected chi connectivity index (χ1v) is 9.37. The van der Waals surface area contributed by atoms with Crippen LogP contribution in [0.2, 0.25) is 0 Å². The summed E-state index contributed by atoms with van der Waals surface area (Å²) < 4.78 is 5.33. The van der Waals surface area contributed by atoms with Crippen LogP contribution in [0.1, 0.15) is 64.9 Å². The summed E-state index contributed by atoms with van der Waals surface area (Å²) in [5.41, 5.74) is 3.41. The number of rotatable bonds is 8. The van der Waals surface area contributed by atoms with Gasteiger partial charge in [0.25, 0.3) is 0 Å². The molecule has 3 nitrogen and oxygen atoms in total. The van der Waals surface area contributed by atoms with E-state index in [2.05, 4.69) is 43.0 Å². The number of hydrogen-bond acceptors (Lipinski definition) is 3. The molecule has 3 heteroatoms. The highest BCUT2D eigenvalue weighted by molar-refractivity contribution is 5.89. The molecule has 0 amide bonds. The van der Waals surface area contributed by atoms with Gasteiger partial charge < -0.3 is 9.64 Å². The summed E-state index contributed by atoms with van der Waals surface area (Å²) in [6, 6.07) is 11.0. The van der Waals surface area contributed by atoms with Crippen LogP contribution in [0.4, 0.5) is 0 Å². The van der Waals surface area contributed by atoms with Crippen molar-refractivity contribution in [2.75, 3.05) is 6.61 Å². The third-order valence-electron chi connectivity index (χ3n) is 4.77. The minimum Gasteiger partial charge on any atom is -0.463 e. The van der Waals surface area contributed by atoms with Gasteiger partial charge >= 0.3 is 5.97 Å². The molecule has 0 spiro atoms. The molecule has 1 aromatic rings. The normalized spacial score (nSPS) is 18.0. The van der Waals surface area contributed by atoms with E-state index in [1.807, 2.05) is 13.0 Å². The summed E-state index contributed by atoms with van der Waals surface area (Å²) in [4.78, 5) is 14.9. The van der Waals surface area contributed by atoms with Crippen LogP contribution in [0.5, 0.6) is 0 Å². The molecule has 1 aromatic carbocycles. The molecule has 2 rings (SSSR count). The zero-order valence-corrected chi connectivity index (χ0v) is 15.4. The Morgan fingerprint density at radius 3 is 2.62 bits per heavy atom. The molecule has 0 saturated carbocycles. The van der Waals surface area contributed by atoms with Gasteiger partial charge in [-0.1, -0.05) is 50.1 Å². The predicted molar refractivity (Wildman–Crippen MR) is 98.5 cm³/mol. The predicted octanol–water partition coefficient (Wildman–Crippen LogP) is 5.07. The average molecular weight is 329 g/mol. The van der Waals surface area contributed by atoms with Crippen LogP contribution in [0.15, 0.2) is 41.6 Å². The summed E-state index contributed by atoms with van der Waals surface area (Å²) in [5.74, 6) is -0.117. The second kappa shape index (κ2) is 9.51. The van der Waals surface area contributed by atoms with E-state index in [1.54, 1.807) is 0 Å². The van der Waals surface area contributed by atoms with Crippen molar-refractivity contribution < 1.29 is 9.53 Å². The van der Waals surface area contributed by atoms with Crippen LogP contribution in [-0.2, 0) is 16.1 Å². The van der Waals surface area contributed by atoms with Crippen molar-refractivity contribution in [2.45, 2.75) is 71.9 Å². The van der Waals surface area contributed by atoms with E-state index >= 15 is 0 Å². The number of benzene rings is 1. The largest absolute Gasteiger partial charge is 0.463 e. The van der Waals surface area contributed by atoms with Gasteiger partial charge in [0.1, 0.15) is 0 Å². The number of ether oxygens (including phenoxy) is 1. The smallest absolute Gasteiger partial charge is 0.335 e. The number of hydrogen-bond donors (Lipinski definition) is 0. The van der Waals surface area contributed by atoms with Crippen LogP contribution in [0.25, 0.3) is 0 Å². The highest BCUT2D eigenvalue weighted by Crippen LogP contribution is 2.32. The maximum absolute atomic E-state index is 12.4. The molecule has 1 heterocycles. The SMILES string of the molecule is CCCCCC1=C(C(=O)OCC)CC[C@H](C)N1Cc1ccccc1. The third kappa shape index (κ3) is 4.86. The number of esters is 1. The molecule has 0 N–H and O–H groups in total. The molecular weight excluding hydrogens is 298 g/mol. The molecule has 0 aromatic heterocycles. The molecule has 0 radical (unpaired) electrons. The first kappa shape index (κ1) is 18.6. The fraction of sp³-hybridized carbons (Fsp3) is 0.571. The molecule has 1 atom stereocenters. The summed E-state index contributed by atoms with van der Waals surface area (Å²) in [6.45, 7) is 7.67. The lowest BCUT2D eigenvalue weighted by molar-refractivity contribution is -0.139. The summed E-state index contributed by atoms with van der Waals surface area (Å²) in [7, 11) is 0. The van der Waals surface area contributed by atoms with Gasteiger partial charge in [-0.25, -0.2) is 4.79 Å². The van der Waals surface area contributed by atoms with Crippen LogP contribution in [0, 0.1) is 0 Å². The summed E-state index contributed by atoms with van der Waals surface area (Å²) >= 11 is 0. The quantitative estimate of drug-likeness (QED) is 0.493. The third-order valence-corrected chi connectivity index (χ3v) is 4.77. The molecule has 1 aliphatic rings. The highest BCUT2D eigenvalue weighted by atomic mass is 16.5. The lowest BCUT2D eigenvalue weighted by Crippen LogP contribution is -2.37. The monoisotopic (exact) mass is 329 g/mol. The Bertz CT molecular complexity index is 550. The Hall–Kier alpha value is -1.77. The number of carbonyl (C=O) groups excluding carboxylic acids is 1. The first-order chi connectivity index (χ1) is 11.7. The van der Waals surface area contributed by atoms with E-state index in [0.29, 0.717) is 12.6 Å². The Morgan fingerprint density at radius 2 is 1.96 bits per heavy atom. The molecule has 0 aliphatic carbocycles. The van der Waals surface area contributed by atoms with Crippen molar-refractivity contribution in [1.82, 2.24) is 4.90 Å². The maximum Gasteiger partial charge on any atom is 0.335 e. The number of allylic oxidation sites excluding steroid dienone is 1. The molecular formula is C21H31NO2. The standard InChI is InChI=1S/C21H31NO2/c1-4-6-8-13-20-19(21(23)24-5-2)15-14-17(3)22(20)16-18-11-9-7-10-12-18/h7,9-12,17H,4-6,8,13-16H2,1-3H3/t17-/m0/s1. The number of unbranched alkanes of at least 4 members (excludes halogenated alkanes) is 2. The molecule has 0 bridgehead atoms. The molecule has 24 heavy (non-hydrogen) atoms. The van der Waals surface area contributed by atoms with E-state index in [-0.39, 0.29) is 5.97 Å². The van der Waals surface area contributed by atoms with Crippen LogP contribution >= 0.6 is 0 Å². The molecule has 0 fully saturated rings. The minimum absolute atomic E-state index is 0.117. The van der Waals surface area contributed by atoms with Gasteiger partial charge in [-0.3, -0.25) is 0 Å². The van der Waals surface area contributed by atoms with Gasteiger partial charge in [0.15, 0.2) is 0 Å². The van der Waals surface area contributed by atoms with E-state index in [1.165, 1.54) is 24.1 Å². The van der Waals surface area contributed by atoms with Crippen molar-refractivity contribution in [2.24, 2.45) is 0 Å². The van der Waals surface area contributed by atoms with Crippen molar-refractivity contribution in [3.63, 3.8) is 0 Å². The average Bonchev–Trinajstić information content (AvgIpc) is 2.59. The second-order valence-corrected chi connectivity index (χ2v) is 6.60. The minimum atomic E-state index is -0.117. The lowest BCUT2D eigenvalue weighted by atomic mass is 9.93. The first-order valence-electron chi connectivity index (χ1n) is 9.37. The molecule has 0 saturated heterocycles. The second-order valence-electron chi connectivity index (χ2n) is 6.60. The molecule has 0 unspecified atom stereocenters. The van der Waals surface area contributed by atoms with Crippen LogP contribution in [-0.4, -0.2) is 23.5 Å². The van der Waals surface area contributed by atoms with E-state index in [0.717, 1.165) is 37.8 Å². The van der Waals surface area contributed by atoms with Crippen molar-refractivity contribution in [3.8, 4) is 0 Å². The zero-order valence-electron chi connectivity index (χ0n) is 15.4. The molecule has 132 valence electrons. The van der Waals surface area contributed by atoms with Crippen LogP contribution < -0.4 is 0 Å². The van der Waals surface area contributed by atoms with Gasteiger partial charge in [-0.2, -0.15) is 0 Å². The fourth-order valence-electron chi connectivity index (χ4n) is 3.40. The summed E-state index contributed by atoms with van der Waals surface area (Å²) in [6.07, 6.45) is 6.35. The van der Waals surface area contributed by atoms with Gasteiger partial charge in [-0.15, -0.1) is 0 Å².